The molecule has 1 aliphatic heterocycles. The third-order valence-corrected chi connectivity index (χ3v) is 14.1. The molecule has 0 unspecified atom stereocenters. The van der Waals surface area contributed by atoms with Crippen LogP contribution in [0, 0.1) is 5.41 Å². The molecule has 1 aliphatic rings. The number of hydrogen-bond donors (Lipinski definition) is 24. The van der Waals surface area contributed by atoms with Crippen LogP contribution >= 0.6 is 0 Å². The monoisotopic (exact) mass is 1330 g/mol. The summed E-state index contributed by atoms with van der Waals surface area (Å²) in [6.45, 7) is -3.60. The zero-order chi connectivity index (χ0) is 70.5. The van der Waals surface area contributed by atoms with Crippen LogP contribution in [-0.2, 0) is 78.3 Å². The summed E-state index contributed by atoms with van der Waals surface area (Å²) in [5.74, 6) is -17.9. The van der Waals surface area contributed by atoms with E-state index in [0.717, 1.165) is 18.7 Å². The number of para-hydroxylation sites is 1. The van der Waals surface area contributed by atoms with Crippen LogP contribution in [0.3, 0.4) is 0 Å². The Bertz CT molecular complexity index is 3070. The number of hydrogen-bond acceptors (Lipinski definition) is 22. The van der Waals surface area contributed by atoms with Crippen molar-refractivity contribution in [3.63, 3.8) is 0 Å². The highest BCUT2D eigenvalue weighted by molar-refractivity contribution is 6.00. The number of fused-ring (bicyclic) bond motifs is 1. The van der Waals surface area contributed by atoms with Crippen molar-refractivity contribution in [3.8, 4) is 0 Å². The number of aromatic amines is 1. The third-order valence-electron chi connectivity index (χ3n) is 14.1. The molecule has 1 fully saturated rings. The number of likely N-dealkylation sites (tertiary alicyclic amines) is 1. The summed E-state index contributed by atoms with van der Waals surface area (Å²) in [6, 6.07) is -10.5. The van der Waals surface area contributed by atoms with E-state index < -0.39 is 226 Å². The number of H-pyrrole nitrogens is 1. The second kappa shape index (κ2) is 38.6. The number of nitrogens with zero attached hydrogens (tertiary/aromatic N) is 1. The summed E-state index contributed by atoms with van der Waals surface area (Å²) in [7, 11) is 0. The SMILES string of the molecule is C[C@@H](O)[C@H](NC(=O)CNC(=O)[C@@H](NC(=O)[C@H](CO)NC(=O)CN)[C@@H](C)O)C(=O)N[C@@H](Cc1c[nH]c2ccccc12)C(=O)N[C@@H](CC(N)=O)C(=O)N1CCC[C@H]1C(=O)NCC(=O)N[C@@H](CO)C(=O)N[C@@H](CO)C(=O)N[C@@H](CCC(=O)O)C(=O)N[C@@H](CCCNC(=N)N)C(=O)O. The summed E-state index contributed by atoms with van der Waals surface area (Å²) < 4.78 is 0. The molecule has 0 bridgehead atoms. The number of amides is 13. The average molecular weight is 1340 g/mol. The van der Waals surface area contributed by atoms with E-state index in [9.17, 15) is 108 Å². The minimum absolute atomic E-state index is 0.0454. The molecule has 2 aromatic rings. The zero-order valence-corrected chi connectivity index (χ0v) is 51.1. The van der Waals surface area contributed by atoms with E-state index in [1.807, 2.05) is 5.32 Å². The highest BCUT2D eigenvalue weighted by Gasteiger charge is 2.41. The molecular formula is C54H82N18O22. The molecule has 0 aliphatic carbocycles. The predicted molar refractivity (Wildman–Crippen MR) is 321 cm³/mol. The lowest BCUT2D eigenvalue weighted by Gasteiger charge is -2.30. The number of primary amides is 1. The van der Waals surface area contributed by atoms with Gasteiger partial charge in [0.15, 0.2) is 5.96 Å². The number of carboxylic acids is 2. The van der Waals surface area contributed by atoms with Gasteiger partial charge in [-0.25, -0.2) is 4.79 Å². The summed E-state index contributed by atoms with van der Waals surface area (Å²) in [5.41, 5.74) is 17.0. The largest absolute Gasteiger partial charge is 0.481 e. The van der Waals surface area contributed by atoms with E-state index in [-0.39, 0.29) is 45.2 Å². The molecule has 1 aromatic carbocycles. The lowest BCUT2D eigenvalue weighted by Crippen LogP contribution is -2.61. The van der Waals surface area contributed by atoms with Crippen LogP contribution < -0.4 is 81.0 Å². The fourth-order valence-corrected chi connectivity index (χ4v) is 9.24. The fraction of sp³-hybridized carbons (Fsp3) is 0.556. The van der Waals surface area contributed by atoms with Gasteiger partial charge in [-0.1, -0.05) is 18.2 Å². The predicted octanol–water partition coefficient (Wildman–Crippen LogP) is -11.9. The van der Waals surface area contributed by atoms with Gasteiger partial charge in [-0.2, -0.15) is 0 Å². The summed E-state index contributed by atoms with van der Waals surface area (Å²) in [4.78, 5) is 200. The number of nitrogens with two attached hydrogens (primary N) is 3. The van der Waals surface area contributed by atoms with Crippen LogP contribution in [0.2, 0.25) is 0 Å². The van der Waals surface area contributed by atoms with Crippen LogP contribution in [0.4, 0.5) is 0 Å². The van der Waals surface area contributed by atoms with Gasteiger partial charge >= 0.3 is 11.9 Å². The van der Waals surface area contributed by atoms with Crippen molar-refractivity contribution in [2.75, 3.05) is 52.5 Å². The molecule has 1 saturated heterocycles. The molecular weight excluding hydrogens is 1250 g/mol. The minimum atomic E-state index is -1.93. The van der Waals surface area contributed by atoms with E-state index in [1.165, 1.54) is 6.20 Å². The Morgan fingerprint density at radius 2 is 1.12 bits per heavy atom. The third kappa shape index (κ3) is 25.1. The van der Waals surface area contributed by atoms with Crippen LogP contribution in [0.1, 0.15) is 64.4 Å². The Labute approximate surface area is 534 Å². The molecule has 40 nitrogen and oxygen atoms in total. The highest BCUT2D eigenvalue weighted by atomic mass is 16.4. The van der Waals surface area contributed by atoms with Crippen LogP contribution in [-0.4, -0.2) is 265 Å². The molecule has 520 valence electrons. The van der Waals surface area contributed by atoms with Crippen LogP contribution in [0.25, 0.3) is 10.9 Å². The Kier molecular flexibility index (Phi) is 32.1. The first-order chi connectivity index (χ1) is 44.3. The van der Waals surface area contributed by atoms with Crippen molar-refractivity contribution in [2.45, 2.75) is 138 Å². The van der Waals surface area contributed by atoms with Crippen molar-refractivity contribution in [1.29, 1.82) is 5.41 Å². The first kappa shape index (κ1) is 78.1. The number of carboxylic acid groups (broad SMARTS) is 2. The molecule has 3 rings (SSSR count). The molecule has 13 amide bonds. The fourth-order valence-electron chi connectivity index (χ4n) is 9.24. The van der Waals surface area contributed by atoms with Gasteiger partial charge in [0.1, 0.15) is 60.4 Å². The summed E-state index contributed by atoms with van der Waals surface area (Å²) >= 11 is 0. The second-order valence-corrected chi connectivity index (χ2v) is 21.4. The van der Waals surface area contributed by atoms with Crippen LogP contribution in [0.15, 0.2) is 30.5 Å². The lowest BCUT2D eigenvalue weighted by molar-refractivity contribution is -0.143. The summed E-state index contributed by atoms with van der Waals surface area (Å²) in [5, 5.41) is 104. The first-order valence-corrected chi connectivity index (χ1v) is 29.2. The Balaban J connectivity index is 1.75. The van der Waals surface area contributed by atoms with E-state index in [4.69, 9.17) is 22.6 Å². The van der Waals surface area contributed by atoms with Gasteiger partial charge in [-0.05, 0) is 57.6 Å². The Hall–Kier alpha value is -10.2. The molecule has 27 N–H and O–H groups in total. The number of rotatable bonds is 40. The molecule has 2 heterocycles. The molecule has 12 atom stereocenters. The standard InChI is InChI=1S/C54H82N18O22/c1-24(76)42(71-48(88)34(22-74)63-38(79)17-55)50(90)62-20-40(81)70-43(25(2)77)51(91)67-31(15-26-18-60-28-8-4-3-7-27(26)28)45(85)68-32(16-37(56)78)52(92)72-14-6-10-36(72)49(89)61-19-39(80)64-33(21-73)46(86)69-35(23-75)47(87)65-29(11-12-41(82)83)44(84)66-30(53(93)94)9-5-13-59-54(57)58/h3-4,7-8,18,24-25,29-36,42-43,60,73-77H,5-6,9-17,19-23,55H2,1-2H3,(H2,56,78)(H,61,89)(H,62,90)(H,63,79)(H,64,80)(H,65,87)(H,66,84)(H,67,91)(H,68,85)(H,69,86)(H,70,81)(H,71,88)(H,82,83)(H,93,94)(H4,57,58,59)/t24-,25-,29+,30+,31+,32+,33+,34+,35+,36+,42+,43+/m1/s1. The molecule has 0 spiro atoms. The maximum Gasteiger partial charge on any atom is 0.326 e. The van der Waals surface area contributed by atoms with Gasteiger partial charge in [0.25, 0.3) is 0 Å². The van der Waals surface area contributed by atoms with Gasteiger partial charge in [0, 0.05) is 43.0 Å². The van der Waals surface area contributed by atoms with Crippen molar-refractivity contribution in [1.82, 2.24) is 73.7 Å². The van der Waals surface area contributed by atoms with Gasteiger partial charge in [-0.3, -0.25) is 72.5 Å². The van der Waals surface area contributed by atoms with Gasteiger partial charge < -0.3 is 127 Å². The normalized spacial score (nSPS) is 16.1. The molecule has 94 heavy (non-hydrogen) atoms. The molecule has 0 saturated carbocycles. The number of aliphatic hydroxyl groups excluding tert-OH is 5. The number of aromatic nitrogens is 1. The number of aliphatic carboxylic acids is 2. The highest BCUT2D eigenvalue weighted by Crippen LogP contribution is 2.22. The summed E-state index contributed by atoms with van der Waals surface area (Å²) in [6.07, 6.45) is -4.40. The topological polar surface area (TPSA) is 663 Å². The van der Waals surface area contributed by atoms with Crippen molar-refractivity contribution in [3.05, 3.63) is 36.0 Å². The van der Waals surface area contributed by atoms with Gasteiger partial charge in [-0.15, -0.1) is 0 Å². The van der Waals surface area contributed by atoms with E-state index in [2.05, 4.69) is 63.5 Å². The van der Waals surface area contributed by atoms with Crippen molar-refractivity contribution < 1.29 is 108 Å². The number of carbonyl (C=O) groups is 15. The zero-order valence-electron chi connectivity index (χ0n) is 51.1. The minimum Gasteiger partial charge on any atom is -0.481 e. The molecule has 1 aromatic heterocycles. The van der Waals surface area contributed by atoms with Gasteiger partial charge in [0.05, 0.1) is 58.1 Å². The lowest BCUT2D eigenvalue weighted by atomic mass is 10.0. The van der Waals surface area contributed by atoms with Crippen molar-refractivity contribution >= 4 is 106 Å². The van der Waals surface area contributed by atoms with E-state index in [0.29, 0.717) is 16.5 Å². The molecule has 40 heteroatoms. The quantitative estimate of drug-likeness (QED) is 0.0167. The number of guanidine groups is 1. The second-order valence-electron chi connectivity index (χ2n) is 21.4. The van der Waals surface area contributed by atoms with Gasteiger partial charge in [0.2, 0.25) is 76.8 Å². The maximum absolute atomic E-state index is 14.4. The smallest absolute Gasteiger partial charge is 0.326 e. The number of nitrogens with one attached hydrogen (secondary N) is 14. The Morgan fingerprint density at radius 3 is 1.69 bits per heavy atom. The first-order valence-electron chi connectivity index (χ1n) is 29.2. The Morgan fingerprint density at radius 1 is 0.606 bits per heavy atom. The molecule has 0 radical (unpaired) electrons. The van der Waals surface area contributed by atoms with Crippen molar-refractivity contribution in [2.24, 2.45) is 17.2 Å². The van der Waals surface area contributed by atoms with E-state index in [1.54, 1.807) is 24.3 Å². The number of aliphatic hydroxyl groups is 5. The maximum atomic E-state index is 14.4. The average Bonchev–Trinajstić information content (AvgIpc) is 1.63. The number of benzene rings is 1. The van der Waals surface area contributed by atoms with E-state index >= 15 is 0 Å². The van der Waals surface area contributed by atoms with Crippen LogP contribution in [0.5, 0.6) is 0 Å². The number of carbonyl (C=O) groups excluding carboxylic acids is 13.